The molecule has 0 unspecified atom stereocenters. The summed E-state index contributed by atoms with van der Waals surface area (Å²) in [5.41, 5.74) is 1.12. The molecular weight excluding hydrogens is 242 g/mol. The molecule has 1 aliphatic rings. The zero-order chi connectivity index (χ0) is 13.9. The minimum atomic E-state index is -0.855. The van der Waals surface area contributed by atoms with E-state index < -0.39 is 11.5 Å². The lowest BCUT2D eigenvalue weighted by Crippen LogP contribution is -2.47. The van der Waals surface area contributed by atoms with Crippen LogP contribution in [0.25, 0.3) is 0 Å². The van der Waals surface area contributed by atoms with Crippen LogP contribution in [0, 0.1) is 6.92 Å². The van der Waals surface area contributed by atoms with Gasteiger partial charge in [-0.25, -0.2) is 0 Å². The van der Waals surface area contributed by atoms with Crippen molar-refractivity contribution in [3.63, 3.8) is 0 Å². The standard InChI is InChI=1S/C15H19NO3/c1-11-4-6-12(7-5-11)14(19)16-15(10-13(17)18)8-2-3-9-15/h4-7H,2-3,8-10H2,1H3,(H,16,19)(H,17,18). The van der Waals surface area contributed by atoms with Crippen LogP contribution in [0.5, 0.6) is 0 Å². The van der Waals surface area contributed by atoms with Gasteiger partial charge in [0.15, 0.2) is 0 Å². The first-order valence-corrected chi connectivity index (χ1v) is 6.62. The van der Waals surface area contributed by atoms with Crippen LogP contribution in [-0.2, 0) is 4.79 Å². The van der Waals surface area contributed by atoms with Crippen molar-refractivity contribution in [2.24, 2.45) is 0 Å². The zero-order valence-corrected chi connectivity index (χ0v) is 11.1. The van der Waals surface area contributed by atoms with E-state index in [1.54, 1.807) is 12.1 Å². The quantitative estimate of drug-likeness (QED) is 0.875. The third-order valence-electron chi connectivity index (χ3n) is 3.74. The van der Waals surface area contributed by atoms with Gasteiger partial charge in [0.25, 0.3) is 5.91 Å². The fourth-order valence-electron chi connectivity index (χ4n) is 2.71. The van der Waals surface area contributed by atoms with Crippen molar-refractivity contribution in [2.75, 3.05) is 0 Å². The molecule has 0 saturated heterocycles. The van der Waals surface area contributed by atoms with Gasteiger partial charge < -0.3 is 10.4 Å². The van der Waals surface area contributed by atoms with Crippen LogP contribution in [-0.4, -0.2) is 22.5 Å². The van der Waals surface area contributed by atoms with E-state index in [9.17, 15) is 9.59 Å². The summed E-state index contributed by atoms with van der Waals surface area (Å²) in [5, 5.41) is 11.9. The molecule has 0 aliphatic heterocycles. The summed E-state index contributed by atoms with van der Waals surface area (Å²) in [5.74, 6) is -1.03. The fourth-order valence-corrected chi connectivity index (χ4v) is 2.71. The van der Waals surface area contributed by atoms with E-state index in [0.717, 1.165) is 31.2 Å². The van der Waals surface area contributed by atoms with Gasteiger partial charge >= 0.3 is 5.97 Å². The number of benzene rings is 1. The highest BCUT2D eigenvalue weighted by atomic mass is 16.4. The summed E-state index contributed by atoms with van der Waals surface area (Å²) >= 11 is 0. The smallest absolute Gasteiger partial charge is 0.305 e. The monoisotopic (exact) mass is 261 g/mol. The Labute approximate surface area is 112 Å². The van der Waals surface area contributed by atoms with E-state index in [1.165, 1.54) is 0 Å². The topological polar surface area (TPSA) is 66.4 Å². The number of nitrogens with one attached hydrogen (secondary N) is 1. The average molecular weight is 261 g/mol. The van der Waals surface area contributed by atoms with Crippen LogP contribution in [0.2, 0.25) is 0 Å². The largest absolute Gasteiger partial charge is 0.481 e. The number of aryl methyl sites for hydroxylation is 1. The number of hydrogen-bond donors (Lipinski definition) is 2. The number of rotatable bonds is 4. The summed E-state index contributed by atoms with van der Waals surface area (Å²) in [7, 11) is 0. The highest BCUT2D eigenvalue weighted by Gasteiger charge is 2.37. The zero-order valence-electron chi connectivity index (χ0n) is 11.1. The Kier molecular flexibility index (Phi) is 3.88. The van der Waals surface area contributed by atoms with Crippen LogP contribution in [0.4, 0.5) is 0 Å². The summed E-state index contributed by atoms with van der Waals surface area (Å²) in [6.45, 7) is 1.96. The van der Waals surface area contributed by atoms with Crippen molar-refractivity contribution in [1.29, 1.82) is 0 Å². The van der Waals surface area contributed by atoms with Gasteiger partial charge in [-0.2, -0.15) is 0 Å². The summed E-state index contributed by atoms with van der Waals surface area (Å²) in [4.78, 5) is 23.2. The van der Waals surface area contributed by atoms with Crippen LogP contribution in [0.15, 0.2) is 24.3 Å². The number of carboxylic acid groups (broad SMARTS) is 1. The SMILES string of the molecule is Cc1ccc(C(=O)NC2(CC(=O)O)CCCC2)cc1. The van der Waals surface area contributed by atoms with Gasteiger partial charge in [-0.05, 0) is 31.9 Å². The average Bonchev–Trinajstić information content (AvgIpc) is 2.77. The minimum absolute atomic E-state index is 0.00456. The second-order valence-electron chi connectivity index (χ2n) is 5.38. The van der Waals surface area contributed by atoms with Crippen molar-refractivity contribution in [3.05, 3.63) is 35.4 Å². The van der Waals surface area contributed by atoms with E-state index >= 15 is 0 Å². The van der Waals surface area contributed by atoms with Gasteiger partial charge in [0, 0.05) is 5.56 Å². The molecule has 0 atom stereocenters. The fraction of sp³-hybridized carbons (Fsp3) is 0.467. The highest BCUT2D eigenvalue weighted by molar-refractivity contribution is 5.95. The second kappa shape index (κ2) is 5.43. The molecule has 4 heteroatoms. The molecule has 1 amide bonds. The van der Waals surface area contributed by atoms with Gasteiger partial charge in [-0.15, -0.1) is 0 Å². The molecule has 1 aliphatic carbocycles. The van der Waals surface area contributed by atoms with Crippen LogP contribution in [0.1, 0.15) is 48.0 Å². The molecule has 1 aromatic carbocycles. The molecule has 2 N–H and O–H groups in total. The first kappa shape index (κ1) is 13.6. The third kappa shape index (κ3) is 3.34. The lowest BCUT2D eigenvalue weighted by Gasteiger charge is -2.28. The Morgan fingerprint density at radius 3 is 2.32 bits per heavy atom. The Morgan fingerprint density at radius 2 is 1.79 bits per heavy atom. The van der Waals surface area contributed by atoms with Gasteiger partial charge in [-0.1, -0.05) is 30.5 Å². The molecule has 2 rings (SSSR count). The molecule has 19 heavy (non-hydrogen) atoms. The lowest BCUT2D eigenvalue weighted by molar-refractivity contribution is -0.138. The molecule has 0 heterocycles. The lowest BCUT2D eigenvalue weighted by atomic mass is 9.92. The van der Waals surface area contributed by atoms with Gasteiger partial charge in [0.2, 0.25) is 0 Å². The van der Waals surface area contributed by atoms with E-state index in [2.05, 4.69) is 5.32 Å². The Hall–Kier alpha value is -1.84. The molecule has 4 nitrogen and oxygen atoms in total. The number of carbonyl (C=O) groups excluding carboxylic acids is 1. The van der Waals surface area contributed by atoms with Gasteiger partial charge in [-0.3, -0.25) is 9.59 Å². The molecule has 0 aromatic heterocycles. The molecule has 0 spiro atoms. The van der Waals surface area contributed by atoms with Crippen molar-refractivity contribution in [1.82, 2.24) is 5.32 Å². The molecule has 102 valence electrons. The van der Waals surface area contributed by atoms with Crippen LogP contribution < -0.4 is 5.32 Å². The van der Waals surface area contributed by atoms with E-state index in [-0.39, 0.29) is 12.3 Å². The third-order valence-corrected chi connectivity index (χ3v) is 3.74. The van der Waals surface area contributed by atoms with E-state index in [1.807, 2.05) is 19.1 Å². The Bertz CT molecular complexity index is 473. The van der Waals surface area contributed by atoms with Gasteiger partial charge in [0.1, 0.15) is 0 Å². The number of carboxylic acids is 1. The van der Waals surface area contributed by atoms with Crippen molar-refractivity contribution in [3.8, 4) is 0 Å². The normalized spacial score (nSPS) is 17.1. The molecule has 0 bridgehead atoms. The van der Waals surface area contributed by atoms with Crippen molar-refractivity contribution in [2.45, 2.75) is 44.6 Å². The number of carbonyl (C=O) groups is 2. The van der Waals surface area contributed by atoms with Gasteiger partial charge in [0.05, 0.1) is 12.0 Å². The summed E-state index contributed by atoms with van der Waals surface area (Å²) in [6, 6.07) is 7.31. The highest BCUT2D eigenvalue weighted by Crippen LogP contribution is 2.32. The number of hydrogen-bond acceptors (Lipinski definition) is 2. The molecule has 1 fully saturated rings. The Balaban J connectivity index is 2.11. The van der Waals surface area contributed by atoms with Crippen molar-refractivity contribution >= 4 is 11.9 Å². The van der Waals surface area contributed by atoms with Crippen molar-refractivity contribution < 1.29 is 14.7 Å². The Morgan fingerprint density at radius 1 is 1.21 bits per heavy atom. The maximum Gasteiger partial charge on any atom is 0.305 e. The second-order valence-corrected chi connectivity index (χ2v) is 5.38. The predicted molar refractivity (Wildman–Crippen MR) is 72.1 cm³/mol. The minimum Gasteiger partial charge on any atom is -0.481 e. The molecular formula is C15H19NO3. The van der Waals surface area contributed by atoms with E-state index in [0.29, 0.717) is 5.56 Å². The van der Waals surface area contributed by atoms with Crippen LogP contribution >= 0.6 is 0 Å². The summed E-state index contributed by atoms with van der Waals surface area (Å²) in [6.07, 6.45) is 3.45. The molecule has 1 saturated carbocycles. The molecule has 0 radical (unpaired) electrons. The molecule has 1 aromatic rings. The predicted octanol–water partition coefficient (Wildman–Crippen LogP) is 2.51. The maximum atomic E-state index is 12.2. The van der Waals surface area contributed by atoms with E-state index in [4.69, 9.17) is 5.11 Å². The van der Waals surface area contributed by atoms with Crippen LogP contribution in [0.3, 0.4) is 0 Å². The first-order chi connectivity index (χ1) is 9.01. The first-order valence-electron chi connectivity index (χ1n) is 6.62. The number of amides is 1. The summed E-state index contributed by atoms with van der Waals surface area (Å²) < 4.78 is 0. The number of aliphatic carboxylic acids is 1. The maximum absolute atomic E-state index is 12.2.